The highest BCUT2D eigenvalue weighted by Gasteiger charge is 2.49. The number of benzene rings is 1. The van der Waals surface area contributed by atoms with Gasteiger partial charge in [0.15, 0.2) is 0 Å². The molecule has 0 aromatic heterocycles. The number of nitrogens with one attached hydrogen (secondary N) is 1. The SMILES string of the molecule is CCOC(=O)C1C(C)NC(C)C(C(=O)OCC)C1c1ccc(F)cc1. The van der Waals surface area contributed by atoms with Crippen molar-refractivity contribution in [3.63, 3.8) is 0 Å². The number of piperidine rings is 1. The molecule has 0 bridgehead atoms. The second-order valence-electron chi connectivity index (χ2n) is 6.38. The molecular formula is C19H26FNO4. The minimum absolute atomic E-state index is 0.185. The Balaban J connectivity index is 2.49. The van der Waals surface area contributed by atoms with Gasteiger partial charge in [-0.3, -0.25) is 9.59 Å². The molecule has 1 fully saturated rings. The lowest BCUT2D eigenvalue weighted by molar-refractivity contribution is -0.158. The van der Waals surface area contributed by atoms with E-state index < -0.39 is 17.8 Å². The van der Waals surface area contributed by atoms with Crippen molar-refractivity contribution in [2.24, 2.45) is 11.8 Å². The molecule has 2 rings (SSSR count). The highest BCUT2D eigenvalue weighted by Crippen LogP contribution is 2.41. The summed E-state index contributed by atoms with van der Waals surface area (Å²) in [6.07, 6.45) is 0. The van der Waals surface area contributed by atoms with Crippen molar-refractivity contribution in [2.75, 3.05) is 13.2 Å². The zero-order valence-electron chi connectivity index (χ0n) is 15.1. The molecule has 5 nitrogen and oxygen atoms in total. The van der Waals surface area contributed by atoms with Crippen molar-refractivity contribution >= 4 is 11.9 Å². The zero-order valence-corrected chi connectivity index (χ0v) is 15.1. The van der Waals surface area contributed by atoms with Crippen LogP contribution in [-0.2, 0) is 19.1 Å². The number of carbonyl (C=O) groups excluding carboxylic acids is 2. The highest BCUT2D eigenvalue weighted by molar-refractivity contribution is 5.80. The van der Waals surface area contributed by atoms with Crippen LogP contribution in [0.3, 0.4) is 0 Å². The van der Waals surface area contributed by atoms with Crippen LogP contribution in [0.5, 0.6) is 0 Å². The van der Waals surface area contributed by atoms with E-state index in [0.717, 1.165) is 5.56 Å². The number of esters is 2. The fourth-order valence-corrected chi connectivity index (χ4v) is 3.75. The van der Waals surface area contributed by atoms with Gasteiger partial charge in [0.05, 0.1) is 25.0 Å². The Hall–Kier alpha value is -1.95. The molecule has 138 valence electrons. The van der Waals surface area contributed by atoms with Crippen molar-refractivity contribution in [2.45, 2.75) is 45.7 Å². The highest BCUT2D eigenvalue weighted by atomic mass is 19.1. The number of rotatable bonds is 5. The van der Waals surface area contributed by atoms with Gasteiger partial charge in [0.2, 0.25) is 0 Å². The molecule has 0 radical (unpaired) electrons. The number of ether oxygens (including phenoxy) is 2. The summed E-state index contributed by atoms with van der Waals surface area (Å²) in [5.41, 5.74) is 0.734. The molecule has 6 heteroatoms. The Labute approximate surface area is 147 Å². The molecule has 1 aliphatic heterocycles. The Morgan fingerprint density at radius 1 is 0.960 bits per heavy atom. The van der Waals surface area contributed by atoms with Crippen molar-refractivity contribution < 1.29 is 23.5 Å². The average molecular weight is 351 g/mol. The summed E-state index contributed by atoms with van der Waals surface area (Å²) >= 11 is 0. The van der Waals surface area contributed by atoms with Gasteiger partial charge >= 0.3 is 11.9 Å². The molecule has 0 aliphatic carbocycles. The lowest BCUT2D eigenvalue weighted by Gasteiger charge is -2.44. The van der Waals surface area contributed by atoms with E-state index in [1.165, 1.54) is 12.1 Å². The van der Waals surface area contributed by atoms with Crippen molar-refractivity contribution in [3.05, 3.63) is 35.6 Å². The predicted octanol–water partition coefficient (Wildman–Crippen LogP) is 2.65. The second kappa shape index (κ2) is 8.43. The minimum Gasteiger partial charge on any atom is -0.466 e. The normalized spacial score (nSPS) is 29.1. The van der Waals surface area contributed by atoms with Gasteiger partial charge in [0.25, 0.3) is 0 Å². The molecule has 4 atom stereocenters. The van der Waals surface area contributed by atoms with Crippen LogP contribution in [0, 0.1) is 17.7 Å². The van der Waals surface area contributed by atoms with E-state index in [2.05, 4.69) is 5.32 Å². The fourth-order valence-electron chi connectivity index (χ4n) is 3.75. The Bertz CT molecular complexity index is 574. The minimum atomic E-state index is -0.559. The number of hydrogen-bond donors (Lipinski definition) is 1. The van der Waals surface area contributed by atoms with E-state index >= 15 is 0 Å². The average Bonchev–Trinajstić information content (AvgIpc) is 2.55. The van der Waals surface area contributed by atoms with Crippen LogP contribution in [-0.4, -0.2) is 37.2 Å². The molecule has 0 spiro atoms. The topological polar surface area (TPSA) is 64.6 Å². The largest absolute Gasteiger partial charge is 0.466 e. The third-order valence-electron chi connectivity index (χ3n) is 4.75. The first-order valence-electron chi connectivity index (χ1n) is 8.75. The van der Waals surface area contributed by atoms with E-state index in [1.54, 1.807) is 26.0 Å². The Kier molecular flexibility index (Phi) is 6.53. The van der Waals surface area contributed by atoms with Crippen LogP contribution >= 0.6 is 0 Å². The van der Waals surface area contributed by atoms with Crippen LogP contribution in [0.2, 0.25) is 0 Å². The van der Waals surface area contributed by atoms with Gasteiger partial charge < -0.3 is 14.8 Å². The van der Waals surface area contributed by atoms with Gasteiger partial charge in [-0.05, 0) is 45.4 Å². The maximum atomic E-state index is 13.4. The first-order chi connectivity index (χ1) is 11.9. The number of carbonyl (C=O) groups is 2. The van der Waals surface area contributed by atoms with Crippen LogP contribution in [0.25, 0.3) is 0 Å². The summed E-state index contributed by atoms with van der Waals surface area (Å²) in [4.78, 5) is 25.2. The Morgan fingerprint density at radius 3 is 1.80 bits per heavy atom. The third-order valence-corrected chi connectivity index (χ3v) is 4.75. The number of halogens is 1. The molecule has 1 aromatic rings. The van der Waals surface area contributed by atoms with Gasteiger partial charge in [-0.2, -0.15) is 0 Å². The van der Waals surface area contributed by atoms with Gasteiger partial charge in [-0.15, -0.1) is 0 Å². The standard InChI is InChI=1S/C19H26FNO4/c1-5-24-18(22)15-11(3)21-12(4)16(19(23)25-6-2)17(15)13-7-9-14(20)10-8-13/h7-12,15-17,21H,5-6H2,1-4H3. The van der Waals surface area contributed by atoms with Gasteiger partial charge in [0.1, 0.15) is 5.82 Å². The van der Waals surface area contributed by atoms with Crippen LogP contribution < -0.4 is 5.32 Å². The maximum Gasteiger partial charge on any atom is 0.311 e. The Morgan fingerprint density at radius 2 is 1.40 bits per heavy atom. The summed E-state index contributed by atoms with van der Waals surface area (Å²) in [7, 11) is 0. The molecule has 0 saturated carbocycles. The van der Waals surface area contributed by atoms with Gasteiger partial charge in [-0.1, -0.05) is 12.1 Å². The summed E-state index contributed by atoms with van der Waals surface area (Å²) in [5, 5.41) is 3.29. The van der Waals surface area contributed by atoms with Crippen molar-refractivity contribution in [1.82, 2.24) is 5.32 Å². The monoisotopic (exact) mass is 351 g/mol. The lowest BCUT2D eigenvalue weighted by Crippen LogP contribution is -2.58. The van der Waals surface area contributed by atoms with E-state index in [1.807, 2.05) is 13.8 Å². The van der Waals surface area contributed by atoms with E-state index in [0.29, 0.717) is 0 Å². The van der Waals surface area contributed by atoms with E-state index in [4.69, 9.17) is 9.47 Å². The van der Waals surface area contributed by atoms with Crippen LogP contribution in [0.15, 0.2) is 24.3 Å². The molecule has 1 aliphatic rings. The van der Waals surface area contributed by atoms with E-state index in [9.17, 15) is 14.0 Å². The molecule has 1 N–H and O–H groups in total. The molecule has 4 unspecified atom stereocenters. The molecule has 1 heterocycles. The maximum absolute atomic E-state index is 13.4. The summed E-state index contributed by atoms with van der Waals surface area (Å²) in [6.45, 7) is 7.82. The summed E-state index contributed by atoms with van der Waals surface area (Å²) in [6, 6.07) is 5.57. The first kappa shape index (κ1) is 19.4. The smallest absolute Gasteiger partial charge is 0.311 e. The quantitative estimate of drug-likeness (QED) is 0.826. The van der Waals surface area contributed by atoms with E-state index in [-0.39, 0.29) is 43.1 Å². The van der Waals surface area contributed by atoms with Crippen molar-refractivity contribution in [3.8, 4) is 0 Å². The number of hydrogen-bond acceptors (Lipinski definition) is 5. The summed E-state index contributed by atoms with van der Waals surface area (Å²) < 4.78 is 23.9. The molecule has 1 aromatic carbocycles. The molecule has 25 heavy (non-hydrogen) atoms. The zero-order chi connectivity index (χ0) is 18.6. The third kappa shape index (κ3) is 4.18. The first-order valence-corrected chi connectivity index (χ1v) is 8.75. The van der Waals surface area contributed by atoms with Crippen molar-refractivity contribution in [1.29, 1.82) is 0 Å². The molecule has 1 saturated heterocycles. The summed E-state index contributed by atoms with van der Waals surface area (Å²) in [5.74, 6) is -2.65. The second-order valence-corrected chi connectivity index (χ2v) is 6.38. The van der Waals surface area contributed by atoms with Crippen LogP contribution in [0.4, 0.5) is 4.39 Å². The van der Waals surface area contributed by atoms with Gasteiger partial charge in [0, 0.05) is 18.0 Å². The van der Waals surface area contributed by atoms with Crippen LogP contribution in [0.1, 0.15) is 39.2 Å². The predicted molar refractivity (Wildman–Crippen MR) is 91.4 cm³/mol. The molecule has 0 amide bonds. The lowest BCUT2D eigenvalue weighted by atomic mass is 9.68. The fraction of sp³-hybridized carbons (Fsp3) is 0.579. The molecular weight excluding hydrogens is 325 g/mol. The van der Waals surface area contributed by atoms with Gasteiger partial charge in [-0.25, -0.2) is 4.39 Å².